The van der Waals surface area contributed by atoms with E-state index in [4.69, 9.17) is 0 Å². The molecule has 1 aromatic heterocycles. The third kappa shape index (κ3) is 4.48. The molecule has 27 heavy (non-hydrogen) atoms. The first-order valence-electron chi connectivity index (χ1n) is 9.07. The molecule has 3 N–H and O–H groups in total. The van der Waals surface area contributed by atoms with Crippen LogP contribution in [0.15, 0.2) is 18.2 Å². The van der Waals surface area contributed by atoms with E-state index in [2.05, 4.69) is 33.0 Å². The number of aromatic nitrogens is 3. The van der Waals surface area contributed by atoms with Crippen LogP contribution >= 0.6 is 0 Å². The number of nitrogens with one attached hydrogen (secondary N) is 2. The van der Waals surface area contributed by atoms with E-state index in [1.165, 1.54) is 0 Å². The second-order valence-corrected chi connectivity index (χ2v) is 7.19. The van der Waals surface area contributed by atoms with Gasteiger partial charge in [-0.3, -0.25) is 25.6 Å². The van der Waals surface area contributed by atoms with Crippen molar-refractivity contribution >= 4 is 29.3 Å². The predicted octanol–water partition coefficient (Wildman–Crippen LogP) is 1.82. The van der Waals surface area contributed by atoms with Crippen LogP contribution in [0.3, 0.4) is 0 Å². The number of hydrogen-bond donors (Lipinski definition) is 3. The zero-order valence-corrected chi connectivity index (χ0v) is 15.4. The Morgan fingerprint density at radius 3 is 2.70 bits per heavy atom. The number of rotatable bonds is 6. The van der Waals surface area contributed by atoms with Gasteiger partial charge in [0.1, 0.15) is 11.6 Å². The molecule has 1 saturated carbocycles. The van der Waals surface area contributed by atoms with Crippen LogP contribution in [0.5, 0.6) is 0 Å². The molecule has 1 unspecified atom stereocenters. The minimum atomic E-state index is -0.960. The lowest BCUT2D eigenvalue weighted by atomic mass is 9.79. The number of anilines is 1. The lowest BCUT2D eigenvalue weighted by Crippen LogP contribution is -2.51. The van der Waals surface area contributed by atoms with Gasteiger partial charge in [0.15, 0.2) is 0 Å². The Morgan fingerprint density at radius 2 is 2.00 bits per heavy atom. The maximum atomic E-state index is 12.6. The van der Waals surface area contributed by atoms with Crippen molar-refractivity contribution in [2.45, 2.75) is 45.6 Å². The van der Waals surface area contributed by atoms with E-state index in [-0.39, 0.29) is 18.3 Å². The van der Waals surface area contributed by atoms with Gasteiger partial charge in [-0.25, -0.2) is 10.0 Å². The van der Waals surface area contributed by atoms with Crippen molar-refractivity contribution in [2.24, 2.45) is 11.8 Å². The van der Waals surface area contributed by atoms with Gasteiger partial charge in [0.25, 0.3) is 11.9 Å². The second-order valence-electron chi connectivity index (χ2n) is 7.19. The van der Waals surface area contributed by atoms with Gasteiger partial charge in [0.2, 0.25) is 6.41 Å². The SMILES string of the molecule is Cc1ccc2nc(NNC(=O)C(C3CCC(C)CC3)N(O)C=O)nnc2c1. The van der Waals surface area contributed by atoms with Gasteiger partial charge in [-0.05, 0) is 49.3 Å². The summed E-state index contributed by atoms with van der Waals surface area (Å²) in [6.45, 7) is 4.11. The average Bonchev–Trinajstić information content (AvgIpc) is 2.67. The molecule has 1 heterocycles. The second kappa shape index (κ2) is 8.26. The van der Waals surface area contributed by atoms with Crippen LogP contribution in [0.25, 0.3) is 11.0 Å². The molecule has 9 nitrogen and oxygen atoms in total. The van der Waals surface area contributed by atoms with Crippen molar-refractivity contribution in [3.05, 3.63) is 23.8 Å². The molecular formula is C18H24N6O3. The van der Waals surface area contributed by atoms with Crippen molar-refractivity contribution in [3.8, 4) is 0 Å². The van der Waals surface area contributed by atoms with E-state index in [1.807, 2.05) is 25.1 Å². The van der Waals surface area contributed by atoms with E-state index in [0.717, 1.165) is 31.2 Å². The summed E-state index contributed by atoms with van der Waals surface area (Å²) in [6, 6.07) is 4.64. The van der Waals surface area contributed by atoms with Crippen LogP contribution in [0, 0.1) is 18.8 Å². The number of fused-ring (bicyclic) bond motifs is 1. The van der Waals surface area contributed by atoms with Gasteiger partial charge in [0.05, 0.1) is 5.52 Å². The number of nitrogens with zero attached hydrogens (tertiary/aromatic N) is 4. The third-order valence-corrected chi connectivity index (χ3v) is 5.08. The molecule has 1 aliphatic rings. The smallest absolute Gasteiger partial charge is 0.264 e. The number of carbonyl (C=O) groups excluding carboxylic acids is 2. The normalized spacial score (nSPS) is 20.7. The quantitative estimate of drug-likeness (QED) is 0.402. The molecule has 9 heteroatoms. The summed E-state index contributed by atoms with van der Waals surface area (Å²) in [4.78, 5) is 27.9. The highest BCUT2D eigenvalue weighted by Gasteiger charge is 2.35. The Balaban J connectivity index is 1.68. The van der Waals surface area contributed by atoms with Crippen molar-refractivity contribution < 1.29 is 14.8 Å². The van der Waals surface area contributed by atoms with E-state index < -0.39 is 11.9 Å². The number of hydrogen-bond acceptors (Lipinski definition) is 7. The van der Waals surface area contributed by atoms with Crippen molar-refractivity contribution in [1.82, 2.24) is 25.7 Å². The van der Waals surface area contributed by atoms with E-state index >= 15 is 0 Å². The zero-order valence-electron chi connectivity index (χ0n) is 15.4. The Morgan fingerprint density at radius 1 is 1.26 bits per heavy atom. The summed E-state index contributed by atoms with van der Waals surface area (Å²) in [6.07, 6.45) is 3.74. The molecule has 0 aliphatic heterocycles. The Hall–Kier alpha value is -2.81. The molecule has 0 radical (unpaired) electrons. The molecule has 0 spiro atoms. The number of benzene rings is 1. The van der Waals surface area contributed by atoms with Crippen LogP contribution in [-0.2, 0) is 9.59 Å². The molecule has 1 aromatic carbocycles. The molecule has 0 bridgehead atoms. The summed E-state index contributed by atoms with van der Waals surface area (Å²) < 4.78 is 0. The topological polar surface area (TPSA) is 120 Å². The number of hydrazine groups is 1. The van der Waals surface area contributed by atoms with Gasteiger partial charge in [-0.15, -0.1) is 10.2 Å². The largest absolute Gasteiger partial charge is 0.285 e. The van der Waals surface area contributed by atoms with Gasteiger partial charge in [0, 0.05) is 0 Å². The first kappa shape index (κ1) is 19.0. The highest BCUT2D eigenvalue weighted by Crippen LogP contribution is 2.32. The van der Waals surface area contributed by atoms with E-state index in [1.54, 1.807) is 0 Å². The highest BCUT2D eigenvalue weighted by molar-refractivity contribution is 5.84. The molecule has 1 fully saturated rings. The first-order valence-corrected chi connectivity index (χ1v) is 9.07. The maximum absolute atomic E-state index is 12.6. The molecule has 0 saturated heterocycles. The van der Waals surface area contributed by atoms with Gasteiger partial charge in [-0.2, -0.15) is 0 Å². The molecule has 1 atom stereocenters. The molecule has 144 valence electrons. The average molecular weight is 372 g/mol. The summed E-state index contributed by atoms with van der Waals surface area (Å²) in [5.74, 6) is 0.104. The highest BCUT2D eigenvalue weighted by atomic mass is 16.5. The minimum Gasteiger partial charge on any atom is -0.285 e. The summed E-state index contributed by atoms with van der Waals surface area (Å²) in [5.41, 5.74) is 7.45. The van der Waals surface area contributed by atoms with Gasteiger partial charge in [-0.1, -0.05) is 25.8 Å². The van der Waals surface area contributed by atoms with Crippen LogP contribution in [0.2, 0.25) is 0 Å². The van der Waals surface area contributed by atoms with Crippen LogP contribution < -0.4 is 10.9 Å². The molecular weight excluding hydrogens is 348 g/mol. The number of aryl methyl sites for hydroxylation is 1. The van der Waals surface area contributed by atoms with Gasteiger partial charge < -0.3 is 0 Å². The lowest BCUT2D eigenvalue weighted by molar-refractivity contribution is -0.173. The lowest BCUT2D eigenvalue weighted by Gasteiger charge is -2.34. The Bertz CT molecular complexity index is 822. The fraction of sp³-hybridized carbons (Fsp3) is 0.500. The predicted molar refractivity (Wildman–Crippen MR) is 98.4 cm³/mol. The monoisotopic (exact) mass is 372 g/mol. The summed E-state index contributed by atoms with van der Waals surface area (Å²) >= 11 is 0. The molecule has 3 rings (SSSR count). The first-order chi connectivity index (χ1) is 13.0. The Labute approximate surface area is 157 Å². The molecule has 2 aromatic rings. The molecule has 2 amide bonds. The Kier molecular flexibility index (Phi) is 5.80. The van der Waals surface area contributed by atoms with Crippen LogP contribution in [-0.4, -0.2) is 43.8 Å². The minimum absolute atomic E-state index is 0.100. The number of carbonyl (C=O) groups is 2. The van der Waals surface area contributed by atoms with Crippen LogP contribution in [0.4, 0.5) is 5.95 Å². The summed E-state index contributed by atoms with van der Waals surface area (Å²) in [7, 11) is 0. The van der Waals surface area contributed by atoms with Crippen molar-refractivity contribution in [1.29, 1.82) is 0 Å². The van der Waals surface area contributed by atoms with Crippen LogP contribution in [0.1, 0.15) is 38.2 Å². The number of hydroxylamine groups is 2. The van der Waals surface area contributed by atoms with E-state index in [0.29, 0.717) is 22.0 Å². The maximum Gasteiger partial charge on any atom is 0.264 e. The standard InChI is InChI=1S/C18H24N6O3/c1-11-3-6-13(7-4-11)16(24(27)10-25)17(26)21-23-18-19-14-8-5-12(2)9-15(14)20-22-18/h5,8-11,13,16,27H,3-4,6-7H2,1-2H3,(H,21,26)(H,19,22,23). The number of amides is 2. The fourth-order valence-corrected chi connectivity index (χ4v) is 3.51. The third-order valence-electron chi connectivity index (χ3n) is 5.08. The fourth-order valence-electron chi connectivity index (χ4n) is 3.51. The van der Waals surface area contributed by atoms with Crippen molar-refractivity contribution in [3.63, 3.8) is 0 Å². The van der Waals surface area contributed by atoms with Crippen molar-refractivity contribution in [2.75, 3.05) is 5.43 Å². The summed E-state index contributed by atoms with van der Waals surface area (Å²) in [5, 5.41) is 18.4. The molecule has 1 aliphatic carbocycles. The van der Waals surface area contributed by atoms with Gasteiger partial charge >= 0.3 is 0 Å². The van der Waals surface area contributed by atoms with E-state index in [9.17, 15) is 14.8 Å². The zero-order chi connectivity index (χ0) is 19.4.